The van der Waals surface area contributed by atoms with E-state index in [-0.39, 0.29) is 0 Å². The van der Waals surface area contributed by atoms with E-state index in [1.54, 1.807) is 0 Å². The lowest BCUT2D eigenvalue weighted by Crippen LogP contribution is -2.02. The van der Waals surface area contributed by atoms with Crippen LogP contribution in [0.5, 0.6) is 0 Å². The summed E-state index contributed by atoms with van der Waals surface area (Å²) < 4.78 is 2.50. The molecule has 1 N–H and O–H groups in total. The van der Waals surface area contributed by atoms with E-state index >= 15 is 0 Å². The second-order valence-electron chi connectivity index (χ2n) is 3.49. The van der Waals surface area contributed by atoms with Crippen molar-refractivity contribution in [2.24, 2.45) is 0 Å². The van der Waals surface area contributed by atoms with Gasteiger partial charge in [-0.25, -0.2) is 9.97 Å². The molecule has 0 aliphatic carbocycles. The third-order valence-electron chi connectivity index (χ3n) is 2.36. The molecule has 0 aliphatic heterocycles. The third-order valence-corrected chi connectivity index (χ3v) is 5.66. The molecule has 2 aromatic heterocycles. The highest BCUT2D eigenvalue weighted by Crippen LogP contribution is 2.38. The summed E-state index contributed by atoms with van der Waals surface area (Å²) in [4.78, 5) is 9.99. The van der Waals surface area contributed by atoms with Gasteiger partial charge in [0.05, 0.1) is 15.0 Å². The molecule has 2 heterocycles. The molecule has 2 rings (SSSR count). The largest absolute Gasteiger partial charge is 0.372 e. The van der Waals surface area contributed by atoms with Crippen molar-refractivity contribution in [3.8, 4) is 10.7 Å². The minimum absolute atomic E-state index is 0.692. The Balaban J connectivity index is 2.57. The van der Waals surface area contributed by atoms with E-state index < -0.39 is 0 Å². The number of anilines is 1. The maximum Gasteiger partial charge on any atom is 0.172 e. The first-order valence-electron chi connectivity index (χ1n) is 5.26. The zero-order chi connectivity index (χ0) is 13.3. The topological polar surface area (TPSA) is 37.8 Å². The van der Waals surface area contributed by atoms with Gasteiger partial charge in [-0.2, -0.15) is 0 Å². The summed E-state index contributed by atoms with van der Waals surface area (Å²) in [5, 5.41) is 3.06. The van der Waals surface area contributed by atoms with E-state index in [9.17, 15) is 0 Å². The van der Waals surface area contributed by atoms with Crippen LogP contribution in [0.15, 0.2) is 15.0 Å². The van der Waals surface area contributed by atoms with Gasteiger partial charge >= 0.3 is 0 Å². The summed E-state index contributed by atoms with van der Waals surface area (Å²) in [5.74, 6) is 1.48. The van der Waals surface area contributed by atoms with Gasteiger partial charge in [0.1, 0.15) is 10.2 Å². The van der Waals surface area contributed by atoms with Crippen LogP contribution in [0.3, 0.4) is 0 Å². The molecule has 2 aromatic rings. The predicted octanol–water partition coefficient (Wildman–Crippen LogP) is 4.99. The van der Waals surface area contributed by atoms with E-state index in [0.29, 0.717) is 10.2 Å². The highest BCUT2D eigenvalue weighted by molar-refractivity contribution is 9.11. The van der Waals surface area contributed by atoms with Crippen molar-refractivity contribution in [1.29, 1.82) is 0 Å². The smallest absolute Gasteiger partial charge is 0.172 e. The number of hydrogen-bond acceptors (Lipinski definition) is 4. The fourth-order valence-corrected chi connectivity index (χ4v) is 3.75. The molecule has 0 unspecified atom stereocenters. The molecular weight excluding hydrogens is 401 g/mol. The first-order valence-corrected chi connectivity index (χ1v) is 8.04. The van der Waals surface area contributed by atoms with Gasteiger partial charge in [-0.05, 0) is 44.3 Å². The molecule has 0 aliphatic rings. The molecule has 0 amide bonds. The number of thiophene rings is 1. The van der Waals surface area contributed by atoms with Crippen LogP contribution in [0.2, 0.25) is 4.34 Å². The summed E-state index contributed by atoms with van der Waals surface area (Å²) in [6.45, 7) is 2.06. The number of aryl methyl sites for hydroxylation is 1. The highest BCUT2D eigenvalue weighted by Gasteiger charge is 2.14. The predicted molar refractivity (Wildman–Crippen MR) is 84.7 cm³/mol. The Hall–Kier alpha value is -0.170. The van der Waals surface area contributed by atoms with Crippen LogP contribution in [0.25, 0.3) is 10.7 Å². The standard InChI is InChI=1S/C11H10Br2ClN3S/c1-3-6-8(13)11(15-2)17-10(16-6)7-4-5(12)9(14)18-7/h4H,3H2,1-2H3,(H,15,16,17). The molecular formula is C11H10Br2ClN3S. The van der Waals surface area contributed by atoms with Gasteiger partial charge in [0.15, 0.2) is 5.82 Å². The van der Waals surface area contributed by atoms with Gasteiger partial charge in [0.2, 0.25) is 0 Å². The Morgan fingerprint density at radius 3 is 2.61 bits per heavy atom. The van der Waals surface area contributed by atoms with Gasteiger partial charge in [0, 0.05) is 11.5 Å². The van der Waals surface area contributed by atoms with Crippen molar-refractivity contribution in [2.75, 3.05) is 12.4 Å². The molecule has 0 saturated carbocycles. The summed E-state index contributed by atoms with van der Waals surface area (Å²) in [6, 6.07) is 1.94. The lowest BCUT2D eigenvalue weighted by atomic mass is 10.3. The van der Waals surface area contributed by atoms with E-state index in [4.69, 9.17) is 11.6 Å². The van der Waals surface area contributed by atoms with Crippen molar-refractivity contribution in [3.63, 3.8) is 0 Å². The summed E-state index contributed by atoms with van der Waals surface area (Å²) in [7, 11) is 1.84. The normalized spacial score (nSPS) is 10.7. The number of hydrogen-bond donors (Lipinski definition) is 1. The maximum absolute atomic E-state index is 6.05. The van der Waals surface area contributed by atoms with Gasteiger partial charge in [-0.1, -0.05) is 18.5 Å². The first kappa shape index (κ1) is 14.2. The fraction of sp³-hybridized carbons (Fsp3) is 0.273. The number of nitrogens with zero attached hydrogens (tertiary/aromatic N) is 2. The van der Waals surface area contributed by atoms with Crippen molar-refractivity contribution in [1.82, 2.24) is 9.97 Å². The number of nitrogens with one attached hydrogen (secondary N) is 1. The van der Waals surface area contributed by atoms with Crippen molar-refractivity contribution in [3.05, 3.63) is 25.0 Å². The molecule has 0 bridgehead atoms. The van der Waals surface area contributed by atoms with Crippen LogP contribution < -0.4 is 5.32 Å². The van der Waals surface area contributed by atoms with Crippen LogP contribution in [-0.4, -0.2) is 17.0 Å². The monoisotopic (exact) mass is 409 g/mol. The van der Waals surface area contributed by atoms with Gasteiger partial charge < -0.3 is 5.32 Å². The van der Waals surface area contributed by atoms with E-state index in [0.717, 1.165) is 31.8 Å². The second kappa shape index (κ2) is 5.86. The van der Waals surface area contributed by atoms with E-state index in [1.165, 1.54) is 11.3 Å². The molecule has 7 heteroatoms. The molecule has 3 nitrogen and oxygen atoms in total. The van der Waals surface area contributed by atoms with Crippen LogP contribution in [0, 0.1) is 0 Å². The zero-order valence-corrected chi connectivity index (χ0v) is 14.5. The average molecular weight is 412 g/mol. The Morgan fingerprint density at radius 1 is 1.39 bits per heavy atom. The zero-order valence-electron chi connectivity index (χ0n) is 9.72. The first-order chi connectivity index (χ1) is 8.56. The van der Waals surface area contributed by atoms with Crippen molar-refractivity contribution in [2.45, 2.75) is 13.3 Å². The molecule has 0 radical (unpaired) electrons. The van der Waals surface area contributed by atoms with Crippen LogP contribution >= 0.6 is 54.8 Å². The Bertz CT molecular complexity index is 541. The Morgan fingerprint density at radius 2 is 2.11 bits per heavy atom. The molecule has 0 fully saturated rings. The Kier molecular flexibility index (Phi) is 4.64. The van der Waals surface area contributed by atoms with Crippen LogP contribution in [-0.2, 0) is 6.42 Å². The van der Waals surface area contributed by atoms with E-state index in [2.05, 4.69) is 54.1 Å². The quantitative estimate of drug-likeness (QED) is 0.773. The van der Waals surface area contributed by atoms with Gasteiger partial charge in [-0.3, -0.25) is 0 Å². The van der Waals surface area contributed by atoms with E-state index in [1.807, 2.05) is 13.1 Å². The third kappa shape index (κ3) is 2.71. The highest BCUT2D eigenvalue weighted by atomic mass is 79.9. The lowest BCUT2D eigenvalue weighted by molar-refractivity contribution is 0.994. The lowest BCUT2D eigenvalue weighted by Gasteiger charge is -2.08. The Labute approximate surface area is 131 Å². The van der Waals surface area contributed by atoms with Crippen molar-refractivity contribution >= 4 is 60.6 Å². The van der Waals surface area contributed by atoms with Gasteiger partial charge in [0.25, 0.3) is 0 Å². The van der Waals surface area contributed by atoms with Gasteiger partial charge in [-0.15, -0.1) is 11.3 Å². The fourth-order valence-electron chi connectivity index (χ4n) is 1.46. The average Bonchev–Trinajstić information content (AvgIpc) is 2.70. The minimum Gasteiger partial charge on any atom is -0.372 e. The summed E-state index contributed by atoms with van der Waals surface area (Å²) in [6.07, 6.45) is 0.838. The minimum atomic E-state index is 0.692. The number of rotatable bonds is 3. The summed E-state index contributed by atoms with van der Waals surface area (Å²) in [5.41, 5.74) is 0.977. The van der Waals surface area contributed by atoms with Crippen LogP contribution in [0.1, 0.15) is 12.6 Å². The molecule has 0 saturated heterocycles. The SMILES string of the molecule is CCc1nc(-c2cc(Br)c(Cl)s2)nc(NC)c1Br. The molecule has 96 valence electrons. The molecule has 0 atom stereocenters. The van der Waals surface area contributed by atoms with Crippen molar-refractivity contribution < 1.29 is 0 Å². The number of aromatic nitrogens is 2. The maximum atomic E-state index is 6.05. The molecule has 18 heavy (non-hydrogen) atoms. The second-order valence-corrected chi connectivity index (χ2v) is 6.79. The number of halogens is 3. The summed E-state index contributed by atoms with van der Waals surface area (Å²) >= 11 is 14.4. The molecule has 0 spiro atoms. The van der Waals surface area contributed by atoms with Crippen LogP contribution in [0.4, 0.5) is 5.82 Å². The molecule has 0 aromatic carbocycles.